The van der Waals surface area contributed by atoms with E-state index in [9.17, 15) is 0 Å². The molecule has 0 radical (unpaired) electrons. The summed E-state index contributed by atoms with van der Waals surface area (Å²) >= 11 is 0. The van der Waals surface area contributed by atoms with Crippen molar-refractivity contribution in [3.8, 4) is 0 Å². The monoisotopic (exact) mass is 210 g/mol. The van der Waals surface area contributed by atoms with E-state index in [1.165, 1.54) is 16.0 Å². The Bertz CT molecular complexity index is 788. The maximum absolute atomic E-state index is 5.67. The first-order valence-corrected chi connectivity index (χ1v) is 5.50. The van der Waals surface area contributed by atoms with Gasteiger partial charge in [0, 0.05) is 15.8 Å². The van der Waals surface area contributed by atoms with E-state index in [4.69, 9.17) is 8.83 Å². The third-order valence-electron chi connectivity index (χ3n) is 3.26. The molecule has 0 bridgehead atoms. The summed E-state index contributed by atoms with van der Waals surface area (Å²) in [5, 5.41) is 3.53. The summed E-state index contributed by atoms with van der Waals surface area (Å²) in [6, 6.07) is 6.05. The van der Waals surface area contributed by atoms with Crippen molar-refractivity contribution >= 4 is 17.0 Å². The highest BCUT2D eigenvalue weighted by atomic mass is 16.3. The van der Waals surface area contributed by atoms with Crippen LogP contribution in [0.2, 0.25) is 0 Å². The van der Waals surface area contributed by atoms with Crippen molar-refractivity contribution in [2.24, 2.45) is 0 Å². The highest BCUT2D eigenvalue weighted by Crippen LogP contribution is 2.19. The van der Waals surface area contributed by atoms with Crippen LogP contribution in [0.1, 0.15) is 12.0 Å². The summed E-state index contributed by atoms with van der Waals surface area (Å²) in [4.78, 5) is 0. The van der Waals surface area contributed by atoms with Crippen LogP contribution in [0.3, 0.4) is 0 Å². The van der Waals surface area contributed by atoms with Crippen molar-refractivity contribution in [1.29, 1.82) is 0 Å². The van der Waals surface area contributed by atoms with Crippen LogP contribution in [0.5, 0.6) is 0 Å². The van der Waals surface area contributed by atoms with Gasteiger partial charge in [-0.05, 0) is 30.5 Å². The molecule has 16 heavy (non-hydrogen) atoms. The van der Waals surface area contributed by atoms with Gasteiger partial charge in [0.25, 0.3) is 0 Å². The van der Waals surface area contributed by atoms with E-state index in [1.54, 1.807) is 0 Å². The number of hydrogen-bond donors (Lipinski definition) is 0. The molecular weight excluding hydrogens is 200 g/mol. The molecule has 0 fully saturated rings. The summed E-state index contributed by atoms with van der Waals surface area (Å²) in [6.45, 7) is 0. The topological polar surface area (TPSA) is 26.3 Å². The summed E-state index contributed by atoms with van der Waals surface area (Å²) in [7, 11) is 0. The Labute approximate surface area is 91.5 Å². The lowest BCUT2D eigenvalue weighted by molar-refractivity contribution is 0.503. The maximum Gasteiger partial charge on any atom is 0.135 e. The molecule has 2 heteroatoms. The van der Waals surface area contributed by atoms with E-state index in [0.29, 0.717) is 0 Å². The van der Waals surface area contributed by atoms with Gasteiger partial charge in [0.2, 0.25) is 0 Å². The van der Waals surface area contributed by atoms with Gasteiger partial charge in [-0.1, -0.05) is 12.1 Å². The fraction of sp³-hybridized carbons (Fsp3) is 0.143. The highest BCUT2D eigenvalue weighted by Gasteiger charge is 2.10. The number of benzene rings is 1. The lowest BCUT2D eigenvalue weighted by Crippen LogP contribution is -2.12. The summed E-state index contributed by atoms with van der Waals surface area (Å²) in [6.07, 6.45) is 7.90. The fourth-order valence-corrected chi connectivity index (χ4v) is 2.53. The SMILES string of the molecule is C1=c2occ3cccc4occ(c2=c34)CC1. The van der Waals surface area contributed by atoms with Crippen LogP contribution < -0.4 is 5.42 Å². The zero-order valence-corrected chi connectivity index (χ0v) is 8.69. The van der Waals surface area contributed by atoms with E-state index in [-0.39, 0.29) is 0 Å². The Morgan fingerprint density at radius 1 is 1.00 bits per heavy atom. The van der Waals surface area contributed by atoms with Crippen LogP contribution in [-0.4, -0.2) is 0 Å². The maximum atomic E-state index is 5.67. The van der Waals surface area contributed by atoms with Gasteiger partial charge in [-0.2, -0.15) is 0 Å². The Kier molecular flexibility index (Phi) is 1.43. The number of aryl methyl sites for hydroxylation is 1. The van der Waals surface area contributed by atoms with Gasteiger partial charge in [0.1, 0.15) is 11.0 Å². The first kappa shape index (κ1) is 8.22. The standard InChI is InChI=1S/C14H10O2/c1-3-9-7-16-12-6-2-4-10-8-15-11(5-1)13(9)14(10)12/h1,3,5-8H,2,4H2. The molecule has 0 amide bonds. The van der Waals surface area contributed by atoms with Crippen LogP contribution in [0, 0.1) is 10.4 Å². The van der Waals surface area contributed by atoms with Crippen LogP contribution in [-0.2, 0) is 6.42 Å². The second kappa shape index (κ2) is 2.79. The Balaban J connectivity index is 2.55. The molecule has 0 N–H and O–H groups in total. The molecule has 1 aliphatic carbocycles. The Morgan fingerprint density at radius 3 is 3.00 bits per heavy atom. The van der Waals surface area contributed by atoms with E-state index in [2.05, 4.69) is 12.1 Å². The first-order valence-electron chi connectivity index (χ1n) is 5.50. The van der Waals surface area contributed by atoms with Gasteiger partial charge < -0.3 is 8.83 Å². The van der Waals surface area contributed by atoms with Crippen molar-refractivity contribution in [3.05, 3.63) is 52.1 Å². The predicted octanol–water partition coefficient (Wildman–Crippen LogP) is 2.76. The van der Waals surface area contributed by atoms with Crippen molar-refractivity contribution in [2.45, 2.75) is 12.8 Å². The van der Waals surface area contributed by atoms with Crippen molar-refractivity contribution < 1.29 is 8.83 Å². The van der Waals surface area contributed by atoms with Crippen molar-refractivity contribution in [1.82, 2.24) is 0 Å². The summed E-state index contributed by atoms with van der Waals surface area (Å²) in [5.41, 5.74) is 3.18. The molecule has 2 heterocycles. The molecule has 0 atom stereocenters. The minimum Gasteiger partial charge on any atom is -0.464 e. The molecule has 0 spiro atoms. The number of rotatable bonds is 0. The molecule has 1 aromatic rings. The van der Waals surface area contributed by atoms with Crippen LogP contribution >= 0.6 is 0 Å². The van der Waals surface area contributed by atoms with Crippen LogP contribution in [0.25, 0.3) is 17.0 Å². The second-order valence-electron chi connectivity index (χ2n) is 4.20. The molecule has 4 rings (SSSR count). The van der Waals surface area contributed by atoms with Crippen molar-refractivity contribution in [3.63, 3.8) is 0 Å². The number of hydrogen-bond acceptors (Lipinski definition) is 2. The average Bonchev–Trinajstić information content (AvgIpc) is 2.36. The Morgan fingerprint density at radius 2 is 2.00 bits per heavy atom. The minimum absolute atomic E-state index is 0.934. The molecule has 0 saturated carbocycles. The van der Waals surface area contributed by atoms with Crippen LogP contribution in [0.15, 0.2) is 39.6 Å². The fourth-order valence-electron chi connectivity index (χ4n) is 2.53. The molecule has 3 aliphatic rings. The van der Waals surface area contributed by atoms with E-state index >= 15 is 0 Å². The molecule has 0 aromatic heterocycles. The van der Waals surface area contributed by atoms with Gasteiger partial charge in [-0.15, -0.1) is 0 Å². The zero-order valence-electron chi connectivity index (χ0n) is 8.69. The van der Waals surface area contributed by atoms with Gasteiger partial charge in [0.05, 0.1) is 12.5 Å². The zero-order chi connectivity index (χ0) is 10.5. The first-order chi connectivity index (χ1) is 7.93. The largest absolute Gasteiger partial charge is 0.464 e. The van der Waals surface area contributed by atoms with Gasteiger partial charge in [-0.25, -0.2) is 0 Å². The molecular formula is C14H10O2. The normalized spacial score (nSPS) is 14.2. The smallest absolute Gasteiger partial charge is 0.135 e. The van der Waals surface area contributed by atoms with Gasteiger partial charge in [0.15, 0.2) is 0 Å². The lowest BCUT2D eigenvalue weighted by Gasteiger charge is -2.09. The van der Waals surface area contributed by atoms with Crippen LogP contribution in [0.4, 0.5) is 0 Å². The molecule has 2 aliphatic heterocycles. The van der Waals surface area contributed by atoms with Gasteiger partial charge in [-0.3, -0.25) is 0 Å². The molecule has 0 saturated heterocycles. The quantitative estimate of drug-likeness (QED) is 0.570. The highest BCUT2D eigenvalue weighted by molar-refractivity contribution is 5.65. The lowest BCUT2D eigenvalue weighted by atomic mass is 10.0. The van der Waals surface area contributed by atoms with E-state index in [0.717, 1.165) is 29.2 Å². The molecule has 2 nitrogen and oxygen atoms in total. The van der Waals surface area contributed by atoms with E-state index in [1.807, 2.05) is 24.7 Å². The molecule has 1 aromatic carbocycles. The third-order valence-corrected chi connectivity index (χ3v) is 3.26. The third kappa shape index (κ3) is 0.915. The average molecular weight is 210 g/mol. The Hall–Kier alpha value is -1.96. The van der Waals surface area contributed by atoms with Gasteiger partial charge >= 0.3 is 0 Å². The summed E-state index contributed by atoms with van der Waals surface area (Å²) < 4.78 is 11.3. The molecule has 0 unspecified atom stereocenters. The second-order valence-corrected chi connectivity index (χ2v) is 4.20. The van der Waals surface area contributed by atoms with E-state index < -0.39 is 0 Å². The molecule has 78 valence electrons. The summed E-state index contributed by atoms with van der Waals surface area (Å²) in [5.74, 6) is 0. The predicted molar refractivity (Wildman–Crippen MR) is 60.6 cm³/mol. The minimum atomic E-state index is 0.934. The van der Waals surface area contributed by atoms with Crippen molar-refractivity contribution in [2.75, 3.05) is 0 Å².